The highest BCUT2D eigenvalue weighted by molar-refractivity contribution is 7.66. The fourth-order valence-corrected chi connectivity index (χ4v) is 11.9. The van der Waals surface area contributed by atoms with Crippen LogP contribution in [0.3, 0.4) is 0 Å². The minimum absolute atomic E-state index is 0.0290. The molecule has 1 aromatic carbocycles. The molecule has 1 saturated heterocycles. The number of fused-ring (bicyclic) bond motifs is 2. The summed E-state index contributed by atoms with van der Waals surface area (Å²) >= 11 is 0. The van der Waals surface area contributed by atoms with Crippen molar-refractivity contribution in [3.05, 3.63) is 78.4 Å². The number of hydrogen-bond acceptors (Lipinski definition) is 18. The van der Waals surface area contributed by atoms with Gasteiger partial charge in [0.15, 0.2) is 0 Å². The first-order chi connectivity index (χ1) is 35.7. The lowest BCUT2D eigenvalue weighted by Gasteiger charge is -2.47. The molecule has 1 fully saturated rings. The molecule has 0 radical (unpaired) electrons. The number of carbonyl (C=O) groups excluding carboxylic acids is 4. The third-order valence-electron chi connectivity index (χ3n) is 12.4. The molecule has 2 aromatic heterocycles. The van der Waals surface area contributed by atoms with Gasteiger partial charge in [0, 0.05) is 80.7 Å². The van der Waals surface area contributed by atoms with Crippen molar-refractivity contribution in [3.8, 4) is 0 Å². The monoisotopic (exact) mass is 1130 g/mol. The van der Waals surface area contributed by atoms with Crippen LogP contribution in [0.1, 0.15) is 138 Å². The standard InChI is InChI=1S/C46H67N6O21P3/c1-5-68-43(58)33-23-31-22-32-29(2)26-46(3,4)52(34(32)24-36(31)71-44(33)59)21-13-17-40(56)48-19-11-6-8-15-38(54)47-18-10-7-9-16-39(55)49-20-12-14-30-27-51(45(60)50-42(30)57)41-25-35(53)37(70-41)28-69-75(64,65)73-76(66,67)72-74(61,62)63/h12,14,22-24,27,29,35,37,41,53H,5-11,13,15-21,25-26,28H2,1-4H3,(H,47,54)(H,48,56)(H,49,55)(H,64,65)(H,66,67)(H,50,57,60)(H2,61,62,63)/b14-12+/t29?,35-,37+,41+/m0/s1. The maximum atomic E-state index is 12.7. The summed E-state index contributed by atoms with van der Waals surface area (Å²) in [4.78, 5) is 128. The molecule has 0 aliphatic carbocycles. The highest BCUT2D eigenvalue weighted by Crippen LogP contribution is 2.66. The predicted molar refractivity (Wildman–Crippen MR) is 273 cm³/mol. The maximum Gasteiger partial charge on any atom is 0.490 e. The Morgan fingerprint density at radius 1 is 0.855 bits per heavy atom. The average Bonchev–Trinajstić information content (AvgIpc) is 3.68. The summed E-state index contributed by atoms with van der Waals surface area (Å²) in [5.74, 6) is -0.926. The lowest BCUT2D eigenvalue weighted by Crippen LogP contribution is -2.49. The number of phosphoric ester groups is 1. The van der Waals surface area contributed by atoms with Crippen LogP contribution in [0.15, 0.2) is 49.3 Å². The Kier molecular flexibility index (Phi) is 22.3. The van der Waals surface area contributed by atoms with E-state index in [1.54, 1.807) is 6.92 Å². The van der Waals surface area contributed by atoms with Crippen molar-refractivity contribution >= 4 is 69.9 Å². The van der Waals surface area contributed by atoms with Gasteiger partial charge in [0.2, 0.25) is 17.7 Å². The first-order valence-corrected chi connectivity index (χ1v) is 29.2. The van der Waals surface area contributed by atoms with Gasteiger partial charge >= 0.3 is 40.8 Å². The number of aliphatic hydroxyl groups is 1. The van der Waals surface area contributed by atoms with E-state index in [-0.39, 0.29) is 66.3 Å². The molecule has 0 saturated carbocycles. The Labute approximate surface area is 436 Å². The Balaban J connectivity index is 0.909. The van der Waals surface area contributed by atoms with Crippen LogP contribution in [0.4, 0.5) is 5.69 Å². The number of amides is 3. The van der Waals surface area contributed by atoms with Crippen LogP contribution in [0.2, 0.25) is 0 Å². The number of aliphatic hydroxyl groups excluding tert-OH is 1. The van der Waals surface area contributed by atoms with Crippen LogP contribution in [-0.4, -0.2) is 115 Å². The summed E-state index contributed by atoms with van der Waals surface area (Å²) in [5, 5.41) is 19.6. The molecule has 422 valence electrons. The van der Waals surface area contributed by atoms with Crippen molar-refractivity contribution in [2.45, 2.75) is 135 Å². The highest BCUT2D eigenvalue weighted by Gasteiger charge is 2.43. The number of aromatic amines is 1. The normalized spacial score (nSPS) is 19.9. The zero-order chi connectivity index (χ0) is 56.0. The summed E-state index contributed by atoms with van der Waals surface area (Å²) < 4.78 is 63.2. The van der Waals surface area contributed by atoms with Crippen molar-refractivity contribution in [1.82, 2.24) is 25.5 Å². The molecular weight excluding hydrogens is 1070 g/mol. The third-order valence-corrected chi connectivity index (χ3v) is 16.2. The van der Waals surface area contributed by atoms with E-state index >= 15 is 0 Å². The molecule has 3 aromatic rings. The van der Waals surface area contributed by atoms with Crippen LogP contribution in [0, 0.1) is 0 Å². The van der Waals surface area contributed by atoms with Crippen LogP contribution in [0.5, 0.6) is 0 Å². The minimum Gasteiger partial charge on any atom is -0.462 e. The number of nitrogens with one attached hydrogen (secondary N) is 4. The largest absolute Gasteiger partial charge is 0.490 e. The second kappa shape index (κ2) is 27.4. The Morgan fingerprint density at radius 2 is 1.49 bits per heavy atom. The number of nitrogens with zero attached hydrogens (tertiary/aromatic N) is 2. The SMILES string of the molecule is CCOC(=O)c1cc2cc3c(cc2oc1=O)N(CCCC(=O)NCCCCCC(=O)NCCCCCC(=O)NC/C=C/c1cn([C@H]2C[C@H](O)[C@@H](COP(=O)(O)OP(=O)(O)OP(=O)(O)O)O2)c(=O)[nH]c1=O)C(C)(C)CC3C. The molecular formula is C46H67N6O21P3. The van der Waals surface area contributed by atoms with Crippen molar-refractivity contribution in [2.75, 3.05) is 44.3 Å². The molecule has 2 aliphatic heterocycles. The first-order valence-electron chi connectivity index (χ1n) is 24.7. The van der Waals surface area contributed by atoms with Gasteiger partial charge in [-0.2, -0.15) is 8.62 Å². The summed E-state index contributed by atoms with van der Waals surface area (Å²) in [7, 11) is -16.9. The van der Waals surface area contributed by atoms with E-state index in [0.29, 0.717) is 75.5 Å². The van der Waals surface area contributed by atoms with Crippen LogP contribution >= 0.6 is 23.5 Å². The van der Waals surface area contributed by atoms with Crippen LogP contribution in [0.25, 0.3) is 17.0 Å². The fraction of sp³-hybridized carbons (Fsp3) is 0.587. The number of benzene rings is 1. The van der Waals surface area contributed by atoms with Gasteiger partial charge in [0.1, 0.15) is 23.5 Å². The lowest BCUT2D eigenvalue weighted by atomic mass is 9.79. The molecule has 5 rings (SSSR count). The number of aromatic nitrogens is 2. The average molecular weight is 1130 g/mol. The van der Waals surface area contributed by atoms with Gasteiger partial charge in [-0.25, -0.2) is 28.1 Å². The number of carbonyl (C=O) groups is 4. The Hall–Kier alpha value is -5.14. The number of rotatable bonds is 29. The number of phosphoric acid groups is 3. The fourth-order valence-electron chi connectivity index (χ4n) is 8.86. The number of anilines is 1. The lowest BCUT2D eigenvalue weighted by molar-refractivity contribution is -0.122. The quantitative estimate of drug-likeness (QED) is 0.0206. The molecule has 2 aliphatic rings. The molecule has 76 heavy (non-hydrogen) atoms. The molecule has 0 bridgehead atoms. The van der Waals surface area contributed by atoms with E-state index in [1.807, 2.05) is 12.1 Å². The second-order valence-corrected chi connectivity index (χ2v) is 23.3. The zero-order valence-electron chi connectivity index (χ0n) is 42.5. The van der Waals surface area contributed by atoms with Gasteiger partial charge in [-0.3, -0.25) is 33.3 Å². The van der Waals surface area contributed by atoms with E-state index in [9.17, 15) is 62.2 Å². The number of hydrogen-bond donors (Lipinski definition) is 9. The molecule has 30 heteroatoms. The number of ether oxygens (including phenoxy) is 2. The molecule has 4 heterocycles. The molecule has 3 unspecified atom stereocenters. The molecule has 6 atom stereocenters. The summed E-state index contributed by atoms with van der Waals surface area (Å²) in [6, 6.07) is 5.33. The van der Waals surface area contributed by atoms with E-state index in [4.69, 9.17) is 23.7 Å². The van der Waals surface area contributed by atoms with Crippen molar-refractivity contribution in [1.29, 1.82) is 0 Å². The molecule has 3 amide bonds. The predicted octanol–water partition coefficient (Wildman–Crippen LogP) is 3.87. The van der Waals surface area contributed by atoms with Crippen molar-refractivity contribution in [3.63, 3.8) is 0 Å². The number of H-pyrrole nitrogens is 1. The minimum atomic E-state index is -5.78. The molecule has 9 N–H and O–H groups in total. The second-order valence-electron chi connectivity index (χ2n) is 18.9. The number of esters is 1. The van der Waals surface area contributed by atoms with Gasteiger partial charge in [-0.15, -0.1) is 0 Å². The van der Waals surface area contributed by atoms with E-state index in [0.717, 1.165) is 41.3 Å². The van der Waals surface area contributed by atoms with Crippen LogP contribution < -0.4 is 37.7 Å². The number of unbranched alkanes of at least 4 members (excludes halogenated alkanes) is 4. The highest BCUT2D eigenvalue weighted by atomic mass is 31.3. The zero-order valence-corrected chi connectivity index (χ0v) is 45.2. The summed E-state index contributed by atoms with van der Waals surface area (Å²) in [6.45, 7) is 8.86. The summed E-state index contributed by atoms with van der Waals surface area (Å²) in [6.07, 6.45) is 5.88. The maximum absolute atomic E-state index is 12.7. The van der Waals surface area contributed by atoms with Crippen LogP contribution in [-0.2, 0) is 50.7 Å². The van der Waals surface area contributed by atoms with Crippen molar-refractivity contribution < 1.29 is 84.6 Å². The van der Waals surface area contributed by atoms with E-state index in [2.05, 4.69) is 59.8 Å². The van der Waals surface area contributed by atoms with Gasteiger partial charge in [-0.1, -0.05) is 31.9 Å². The third kappa shape index (κ3) is 18.8. The Morgan fingerprint density at radius 3 is 2.12 bits per heavy atom. The van der Waals surface area contributed by atoms with Gasteiger partial charge in [-0.05, 0) is 82.9 Å². The molecule has 27 nitrogen and oxygen atoms in total. The van der Waals surface area contributed by atoms with E-state index < -0.39 is 71.4 Å². The first kappa shape index (κ1) is 61.7. The van der Waals surface area contributed by atoms with E-state index in [1.165, 1.54) is 18.2 Å². The van der Waals surface area contributed by atoms with Gasteiger partial charge < -0.3 is 59.4 Å². The van der Waals surface area contributed by atoms with Gasteiger partial charge in [0.05, 0.1) is 24.9 Å². The van der Waals surface area contributed by atoms with Crippen molar-refractivity contribution in [2.24, 2.45) is 0 Å². The smallest absolute Gasteiger partial charge is 0.462 e. The van der Waals surface area contributed by atoms with Gasteiger partial charge in [0.25, 0.3) is 5.56 Å². The Bertz CT molecular complexity index is 2920. The summed E-state index contributed by atoms with van der Waals surface area (Å²) in [5.41, 5.74) is -0.518. The topological polar surface area (TPSA) is 391 Å². The molecule has 0 spiro atoms.